The summed E-state index contributed by atoms with van der Waals surface area (Å²) in [6, 6.07) is 8.08. The van der Waals surface area contributed by atoms with Crippen LogP contribution in [0.25, 0.3) is 0 Å². The van der Waals surface area contributed by atoms with Gasteiger partial charge in [0.2, 0.25) is 0 Å². The Kier molecular flexibility index (Phi) is 5.19. The molecule has 5 heteroatoms. The molecule has 0 radical (unpaired) electrons. The molecular weight excluding hydrogens is 291 g/mol. The Morgan fingerprint density at radius 2 is 1.81 bits per heavy atom. The third-order valence-corrected chi connectivity index (χ3v) is 3.55. The molecule has 0 fully saturated rings. The summed E-state index contributed by atoms with van der Waals surface area (Å²) in [4.78, 5) is 8.77. The fourth-order valence-electron chi connectivity index (χ4n) is 1.51. The summed E-state index contributed by atoms with van der Waals surface area (Å²) in [5, 5.41) is 0.831. The van der Waals surface area contributed by atoms with Gasteiger partial charge in [0.1, 0.15) is 0 Å². The van der Waals surface area contributed by atoms with Gasteiger partial charge in [-0.2, -0.15) is 0 Å². The van der Waals surface area contributed by atoms with Crippen LogP contribution in [0.4, 0.5) is 0 Å². The van der Waals surface area contributed by atoms with Gasteiger partial charge in [0, 0.05) is 11.8 Å². The molecule has 1 atom stereocenters. The SMILES string of the molecule is CC(C)(Cc1ccc(CBr)cc1)O[PH](=O)O. The van der Waals surface area contributed by atoms with E-state index in [1.165, 1.54) is 5.56 Å². The molecule has 0 saturated carbocycles. The quantitative estimate of drug-likeness (QED) is 0.670. The van der Waals surface area contributed by atoms with Crippen LogP contribution in [0.2, 0.25) is 0 Å². The first-order chi connectivity index (χ1) is 7.43. The van der Waals surface area contributed by atoms with E-state index in [-0.39, 0.29) is 0 Å². The minimum atomic E-state index is -2.88. The highest BCUT2D eigenvalue weighted by Crippen LogP contribution is 2.28. The van der Waals surface area contributed by atoms with Crippen molar-refractivity contribution in [2.24, 2.45) is 0 Å². The predicted octanol–water partition coefficient (Wildman–Crippen LogP) is 3.30. The molecule has 0 aliphatic heterocycles. The van der Waals surface area contributed by atoms with Crippen molar-refractivity contribution in [2.75, 3.05) is 0 Å². The average molecular weight is 307 g/mol. The number of halogens is 1. The van der Waals surface area contributed by atoms with Crippen molar-refractivity contribution in [2.45, 2.75) is 31.2 Å². The number of benzene rings is 1. The summed E-state index contributed by atoms with van der Waals surface area (Å²) < 4.78 is 15.7. The van der Waals surface area contributed by atoms with E-state index in [0.717, 1.165) is 10.9 Å². The molecule has 1 aromatic rings. The molecule has 0 aliphatic rings. The van der Waals surface area contributed by atoms with Crippen molar-refractivity contribution in [1.29, 1.82) is 0 Å². The highest BCUT2D eigenvalue weighted by atomic mass is 79.9. The summed E-state index contributed by atoms with van der Waals surface area (Å²) in [7, 11) is -2.88. The van der Waals surface area contributed by atoms with Gasteiger partial charge in [-0.3, -0.25) is 4.57 Å². The Morgan fingerprint density at radius 1 is 1.31 bits per heavy atom. The third kappa shape index (κ3) is 4.79. The van der Waals surface area contributed by atoms with Crippen LogP contribution in [0.3, 0.4) is 0 Å². The van der Waals surface area contributed by atoms with E-state index in [9.17, 15) is 4.57 Å². The zero-order valence-corrected chi connectivity index (χ0v) is 12.0. The van der Waals surface area contributed by atoms with Crippen molar-refractivity contribution >= 4 is 24.2 Å². The van der Waals surface area contributed by atoms with Crippen LogP contribution in [0.15, 0.2) is 24.3 Å². The Bertz CT molecular complexity index is 362. The number of hydrogen-bond donors (Lipinski definition) is 1. The average Bonchev–Trinajstić information content (AvgIpc) is 2.16. The molecular formula is C11H16BrO3P. The Morgan fingerprint density at radius 3 is 2.25 bits per heavy atom. The van der Waals surface area contributed by atoms with Crippen molar-refractivity contribution in [3.8, 4) is 0 Å². The molecule has 3 nitrogen and oxygen atoms in total. The van der Waals surface area contributed by atoms with E-state index in [2.05, 4.69) is 15.9 Å². The second-order valence-corrected chi connectivity index (χ2v) is 5.55. The summed E-state index contributed by atoms with van der Waals surface area (Å²) >= 11 is 3.38. The van der Waals surface area contributed by atoms with E-state index in [1.807, 2.05) is 38.1 Å². The lowest BCUT2D eigenvalue weighted by Gasteiger charge is -2.23. The molecule has 0 spiro atoms. The lowest BCUT2D eigenvalue weighted by molar-refractivity contribution is 0.104. The smallest absolute Gasteiger partial charge is 0.317 e. The molecule has 0 heterocycles. The standard InChI is InChI=1S/C11H16BrO3P/c1-11(2,15-16(13)14)7-9-3-5-10(8-12)6-4-9/h3-6,16H,7-8H2,1-2H3,(H,13,14). The topological polar surface area (TPSA) is 46.5 Å². The maximum absolute atomic E-state index is 10.7. The number of alkyl halides is 1. The molecule has 0 aromatic heterocycles. The fraction of sp³-hybridized carbons (Fsp3) is 0.455. The van der Waals surface area contributed by atoms with Crippen molar-refractivity contribution < 1.29 is 14.0 Å². The van der Waals surface area contributed by atoms with Gasteiger partial charge in [0.15, 0.2) is 0 Å². The van der Waals surface area contributed by atoms with Crippen LogP contribution in [-0.2, 0) is 20.8 Å². The Labute approximate surface area is 105 Å². The fourth-order valence-corrected chi connectivity index (χ4v) is 2.43. The van der Waals surface area contributed by atoms with Crippen molar-refractivity contribution in [1.82, 2.24) is 0 Å². The monoisotopic (exact) mass is 306 g/mol. The molecule has 1 aromatic carbocycles. The van der Waals surface area contributed by atoms with Crippen molar-refractivity contribution in [3.63, 3.8) is 0 Å². The number of rotatable bonds is 5. The molecule has 1 N–H and O–H groups in total. The largest absolute Gasteiger partial charge is 0.326 e. The zero-order valence-electron chi connectivity index (χ0n) is 9.37. The molecule has 0 aliphatic carbocycles. The molecule has 0 amide bonds. The predicted molar refractivity (Wildman–Crippen MR) is 69.2 cm³/mol. The van der Waals surface area contributed by atoms with Crippen LogP contribution in [-0.4, -0.2) is 10.5 Å². The van der Waals surface area contributed by atoms with E-state index in [0.29, 0.717) is 6.42 Å². The molecule has 90 valence electrons. The minimum absolute atomic E-state index is 0.610. The van der Waals surface area contributed by atoms with Gasteiger partial charge in [-0.15, -0.1) is 0 Å². The number of hydrogen-bond acceptors (Lipinski definition) is 2. The van der Waals surface area contributed by atoms with Gasteiger partial charge in [0.25, 0.3) is 0 Å². The second-order valence-electron chi connectivity index (χ2n) is 4.25. The molecule has 0 saturated heterocycles. The first kappa shape index (κ1) is 13.9. The van der Waals surface area contributed by atoms with Gasteiger partial charge in [-0.05, 0) is 25.0 Å². The third-order valence-electron chi connectivity index (χ3n) is 2.17. The second kappa shape index (κ2) is 5.97. The zero-order chi connectivity index (χ0) is 12.2. The molecule has 0 bridgehead atoms. The van der Waals surface area contributed by atoms with Gasteiger partial charge in [0.05, 0.1) is 5.60 Å². The summed E-state index contributed by atoms with van der Waals surface area (Å²) in [6.07, 6.45) is 0.618. The minimum Gasteiger partial charge on any atom is -0.326 e. The molecule has 1 unspecified atom stereocenters. The normalized spacial score (nSPS) is 13.8. The highest BCUT2D eigenvalue weighted by molar-refractivity contribution is 9.08. The lowest BCUT2D eigenvalue weighted by atomic mass is 9.98. The van der Waals surface area contributed by atoms with Gasteiger partial charge < -0.3 is 9.42 Å². The summed E-state index contributed by atoms with van der Waals surface area (Å²) in [6.45, 7) is 3.62. The van der Waals surface area contributed by atoms with Crippen LogP contribution in [0.5, 0.6) is 0 Å². The lowest BCUT2D eigenvalue weighted by Crippen LogP contribution is -2.24. The molecule has 1 rings (SSSR count). The van der Waals surface area contributed by atoms with Crippen LogP contribution >= 0.6 is 24.2 Å². The maximum atomic E-state index is 10.7. The molecule has 16 heavy (non-hydrogen) atoms. The van der Waals surface area contributed by atoms with Crippen LogP contribution in [0, 0.1) is 0 Å². The van der Waals surface area contributed by atoms with E-state index < -0.39 is 13.9 Å². The van der Waals surface area contributed by atoms with Gasteiger partial charge in [-0.25, -0.2) is 0 Å². The highest BCUT2D eigenvalue weighted by Gasteiger charge is 2.21. The summed E-state index contributed by atoms with van der Waals surface area (Å²) in [5.74, 6) is 0. The van der Waals surface area contributed by atoms with Gasteiger partial charge >= 0.3 is 8.25 Å². The maximum Gasteiger partial charge on any atom is 0.317 e. The first-order valence-electron chi connectivity index (χ1n) is 4.99. The van der Waals surface area contributed by atoms with Crippen LogP contribution in [0.1, 0.15) is 25.0 Å². The summed E-state index contributed by atoms with van der Waals surface area (Å²) in [5.41, 5.74) is 1.69. The Hall–Kier alpha value is -0.150. The van der Waals surface area contributed by atoms with Crippen LogP contribution < -0.4 is 0 Å². The van der Waals surface area contributed by atoms with Crippen molar-refractivity contribution in [3.05, 3.63) is 35.4 Å². The Balaban J connectivity index is 2.68. The van der Waals surface area contributed by atoms with Gasteiger partial charge in [-0.1, -0.05) is 40.2 Å². The van der Waals surface area contributed by atoms with E-state index in [4.69, 9.17) is 9.42 Å². The van der Waals surface area contributed by atoms with E-state index >= 15 is 0 Å². The van der Waals surface area contributed by atoms with E-state index in [1.54, 1.807) is 0 Å². The first-order valence-corrected chi connectivity index (χ1v) is 7.37.